The number of fused-ring (bicyclic) bond motifs is 2. The van der Waals surface area contributed by atoms with Crippen molar-refractivity contribution in [2.75, 3.05) is 6.61 Å². The second-order valence-corrected chi connectivity index (χ2v) is 9.02. The molecule has 0 N–H and O–H groups in total. The number of ether oxygens (including phenoxy) is 2. The van der Waals surface area contributed by atoms with Crippen molar-refractivity contribution in [2.45, 2.75) is 58.2 Å². The first-order valence-corrected chi connectivity index (χ1v) is 10.7. The van der Waals surface area contributed by atoms with Crippen LogP contribution in [-0.2, 0) is 4.74 Å². The van der Waals surface area contributed by atoms with Crippen LogP contribution in [0.25, 0.3) is 10.8 Å². The molecule has 3 atom stereocenters. The first-order chi connectivity index (χ1) is 13.2. The van der Waals surface area contributed by atoms with Crippen molar-refractivity contribution < 1.29 is 9.47 Å². The van der Waals surface area contributed by atoms with Crippen LogP contribution in [0.1, 0.15) is 51.9 Å². The summed E-state index contributed by atoms with van der Waals surface area (Å²) in [4.78, 5) is 0. The van der Waals surface area contributed by atoms with Crippen LogP contribution >= 0.6 is 0 Å². The predicted molar refractivity (Wildman–Crippen MR) is 110 cm³/mol. The summed E-state index contributed by atoms with van der Waals surface area (Å²) >= 11 is 0. The van der Waals surface area contributed by atoms with Crippen LogP contribution in [0.15, 0.2) is 54.1 Å². The highest BCUT2D eigenvalue weighted by atomic mass is 16.7. The molecular weight excluding hydrogens is 332 g/mol. The molecule has 1 saturated heterocycles. The average Bonchev–Trinajstić information content (AvgIpc) is 3.11. The van der Waals surface area contributed by atoms with Gasteiger partial charge in [-0.2, -0.15) is 0 Å². The molecule has 142 valence electrons. The number of allylic oxidation sites excluding steroid dienone is 1. The third-order valence-electron chi connectivity index (χ3n) is 7.22. The van der Waals surface area contributed by atoms with E-state index in [0.717, 1.165) is 12.4 Å². The quantitative estimate of drug-likeness (QED) is 0.580. The van der Waals surface area contributed by atoms with Gasteiger partial charge < -0.3 is 9.47 Å². The van der Waals surface area contributed by atoms with Crippen molar-refractivity contribution in [1.29, 1.82) is 0 Å². The lowest BCUT2D eigenvalue weighted by atomic mass is 9.65. The second-order valence-electron chi connectivity index (χ2n) is 9.02. The van der Waals surface area contributed by atoms with E-state index in [1.807, 2.05) is 0 Å². The fraction of sp³-hybridized carbons (Fsp3) is 0.520. The number of hydrogen-bond acceptors (Lipinski definition) is 2. The zero-order valence-electron chi connectivity index (χ0n) is 16.3. The Morgan fingerprint density at radius 1 is 1.00 bits per heavy atom. The van der Waals surface area contributed by atoms with Crippen LogP contribution in [0.2, 0.25) is 0 Å². The molecule has 1 aliphatic heterocycles. The Morgan fingerprint density at radius 2 is 1.81 bits per heavy atom. The monoisotopic (exact) mass is 362 g/mol. The summed E-state index contributed by atoms with van der Waals surface area (Å²) in [5.74, 6) is 1.94. The molecule has 5 rings (SSSR count). The maximum atomic E-state index is 6.35. The fourth-order valence-electron chi connectivity index (χ4n) is 5.45. The Kier molecular flexibility index (Phi) is 4.47. The van der Waals surface area contributed by atoms with E-state index in [4.69, 9.17) is 9.47 Å². The van der Waals surface area contributed by atoms with Gasteiger partial charge in [0.2, 0.25) is 6.29 Å². The third-order valence-corrected chi connectivity index (χ3v) is 7.22. The molecule has 1 heterocycles. The van der Waals surface area contributed by atoms with Crippen LogP contribution in [0.5, 0.6) is 5.75 Å². The molecule has 2 aliphatic carbocycles. The van der Waals surface area contributed by atoms with Gasteiger partial charge in [-0.15, -0.1) is 0 Å². The van der Waals surface area contributed by atoms with Crippen LogP contribution in [0, 0.1) is 17.3 Å². The maximum absolute atomic E-state index is 6.35. The average molecular weight is 363 g/mol. The summed E-state index contributed by atoms with van der Waals surface area (Å²) in [6.45, 7) is 3.33. The van der Waals surface area contributed by atoms with Gasteiger partial charge in [0.1, 0.15) is 5.75 Å². The van der Waals surface area contributed by atoms with Gasteiger partial charge in [0.25, 0.3) is 0 Å². The minimum atomic E-state index is -0.140. The van der Waals surface area contributed by atoms with Crippen LogP contribution in [0.4, 0.5) is 0 Å². The molecule has 2 heteroatoms. The molecule has 0 radical (unpaired) electrons. The van der Waals surface area contributed by atoms with Gasteiger partial charge in [-0.05, 0) is 59.9 Å². The van der Waals surface area contributed by atoms with Gasteiger partial charge in [-0.25, -0.2) is 0 Å². The van der Waals surface area contributed by atoms with Gasteiger partial charge in [0.15, 0.2) is 0 Å². The van der Waals surface area contributed by atoms with E-state index in [2.05, 4.69) is 55.5 Å². The van der Waals surface area contributed by atoms with Crippen LogP contribution in [0.3, 0.4) is 0 Å². The molecule has 0 bridgehead atoms. The Bertz CT molecular complexity index is 846. The molecule has 2 aromatic rings. The van der Waals surface area contributed by atoms with E-state index in [0.29, 0.717) is 17.3 Å². The van der Waals surface area contributed by atoms with Gasteiger partial charge in [-0.3, -0.25) is 0 Å². The molecule has 0 spiro atoms. The molecule has 0 amide bonds. The van der Waals surface area contributed by atoms with E-state index in [-0.39, 0.29) is 6.29 Å². The number of hydrogen-bond donors (Lipinski definition) is 0. The number of rotatable bonds is 3. The normalized spacial score (nSPS) is 30.0. The Morgan fingerprint density at radius 3 is 2.67 bits per heavy atom. The van der Waals surface area contributed by atoms with Crippen molar-refractivity contribution in [3.8, 4) is 5.75 Å². The molecule has 3 aliphatic rings. The minimum absolute atomic E-state index is 0.140. The van der Waals surface area contributed by atoms with E-state index < -0.39 is 0 Å². The maximum Gasteiger partial charge on any atom is 0.206 e. The minimum Gasteiger partial charge on any atom is -0.464 e. The molecular formula is C25H30O2. The van der Waals surface area contributed by atoms with Crippen LogP contribution < -0.4 is 4.74 Å². The first kappa shape index (κ1) is 17.3. The molecule has 2 fully saturated rings. The highest BCUT2D eigenvalue weighted by Crippen LogP contribution is 2.49. The van der Waals surface area contributed by atoms with E-state index in [9.17, 15) is 0 Å². The summed E-state index contributed by atoms with van der Waals surface area (Å²) in [6.07, 6.45) is 11.8. The Hall–Kier alpha value is -1.80. The first-order valence-electron chi connectivity index (χ1n) is 10.7. The van der Waals surface area contributed by atoms with Crippen molar-refractivity contribution in [2.24, 2.45) is 17.3 Å². The standard InChI is InChI=1S/C25H30O2/c1-25(13-5-2-6-14-25)21-11-9-20-17-26-24(23(20)16-21)27-22-12-10-18-7-3-4-8-19(18)15-22/h3-4,7-8,10,12,15-16,20,23-24H,2,5-6,9,11,13-14,17H2,1H3/t20-,23-,24-/m1/s1. The van der Waals surface area contributed by atoms with Crippen molar-refractivity contribution in [3.05, 3.63) is 54.1 Å². The Balaban J connectivity index is 1.37. The lowest BCUT2D eigenvalue weighted by molar-refractivity contribution is -0.0536. The smallest absolute Gasteiger partial charge is 0.206 e. The fourth-order valence-corrected chi connectivity index (χ4v) is 5.45. The summed E-state index contributed by atoms with van der Waals surface area (Å²) in [5, 5.41) is 2.47. The third kappa shape index (κ3) is 3.29. The largest absolute Gasteiger partial charge is 0.464 e. The zero-order valence-corrected chi connectivity index (χ0v) is 16.3. The summed E-state index contributed by atoms with van der Waals surface area (Å²) in [6, 6.07) is 14.8. The van der Waals surface area contributed by atoms with E-state index in [1.54, 1.807) is 5.57 Å². The highest BCUT2D eigenvalue weighted by Gasteiger charge is 2.42. The SMILES string of the molecule is CC1(C2=C[C@@H]3[C@H](CC2)CO[C@@H]3Oc2ccc3ccccc3c2)CCCCC1. The summed E-state index contributed by atoms with van der Waals surface area (Å²) in [7, 11) is 0. The van der Waals surface area contributed by atoms with Crippen molar-refractivity contribution >= 4 is 10.8 Å². The molecule has 27 heavy (non-hydrogen) atoms. The zero-order chi connectivity index (χ0) is 18.3. The summed E-state index contributed by atoms with van der Waals surface area (Å²) < 4.78 is 12.5. The van der Waals surface area contributed by atoms with Gasteiger partial charge >= 0.3 is 0 Å². The van der Waals surface area contributed by atoms with Gasteiger partial charge in [0.05, 0.1) is 6.61 Å². The predicted octanol–water partition coefficient (Wildman–Crippen LogP) is 6.50. The highest BCUT2D eigenvalue weighted by molar-refractivity contribution is 5.83. The van der Waals surface area contributed by atoms with Crippen molar-refractivity contribution in [1.82, 2.24) is 0 Å². The van der Waals surface area contributed by atoms with Gasteiger partial charge in [0, 0.05) is 5.92 Å². The summed E-state index contributed by atoms with van der Waals surface area (Å²) in [5.41, 5.74) is 2.10. The molecule has 2 nitrogen and oxygen atoms in total. The lowest BCUT2D eigenvalue weighted by Gasteiger charge is -2.40. The molecule has 0 unspecified atom stereocenters. The van der Waals surface area contributed by atoms with Gasteiger partial charge in [-0.1, -0.05) is 68.2 Å². The lowest BCUT2D eigenvalue weighted by Crippen LogP contribution is -2.31. The van der Waals surface area contributed by atoms with E-state index >= 15 is 0 Å². The van der Waals surface area contributed by atoms with Crippen molar-refractivity contribution in [3.63, 3.8) is 0 Å². The Labute approximate surface area is 162 Å². The van der Waals surface area contributed by atoms with Crippen LogP contribution in [-0.4, -0.2) is 12.9 Å². The van der Waals surface area contributed by atoms with E-state index in [1.165, 1.54) is 55.7 Å². The molecule has 2 aromatic carbocycles. The molecule has 0 aromatic heterocycles. The second kappa shape index (κ2) is 6.98. The molecule has 1 saturated carbocycles. The number of benzene rings is 2. The topological polar surface area (TPSA) is 18.5 Å².